The van der Waals surface area contributed by atoms with Crippen molar-refractivity contribution in [3.8, 4) is 0 Å². The number of benzene rings is 2. The zero-order valence-corrected chi connectivity index (χ0v) is 16.2. The van der Waals surface area contributed by atoms with E-state index >= 15 is 0 Å². The number of amides is 1. The summed E-state index contributed by atoms with van der Waals surface area (Å²) in [6.07, 6.45) is 0.970. The van der Waals surface area contributed by atoms with Crippen LogP contribution >= 0.6 is 11.6 Å². The van der Waals surface area contributed by atoms with E-state index in [1.807, 2.05) is 44.2 Å². The SMILES string of the molecule is Cc1ccc2oc(C(=O)N3CCC(O)(c4ccc(Cl)cc4)CC3)c(C)c2c1. The highest BCUT2D eigenvalue weighted by molar-refractivity contribution is 6.30. The van der Waals surface area contributed by atoms with Gasteiger partial charge in [0.15, 0.2) is 5.76 Å². The molecule has 27 heavy (non-hydrogen) atoms. The van der Waals surface area contributed by atoms with E-state index in [0.29, 0.717) is 36.7 Å². The van der Waals surface area contributed by atoms with Crippen molar-refractivity contribution >= 4 is 28.5 Å². The summed E-state index contributed by atoms with van der Waals surface area (Å²) in [6.45, 7) is 4.91. The third kappa shape index (κ3) is 3.24. The summed E-state index contributed by atoms with van der Waals surface area (Å²) in [5.74, 6) is 0.284. The third-order valence-corrected chi connectivity index (χ3v) is 5.80. The molecule has 5 heteroatoms. The first-order valence-electron chi connectivity index (χ1n) is 9.15. The number of aliphatic hydroxyl groups is 1. The highest BCUT2D eigenvalue weighted by atomic mass is 35.5. The van der Waals surface area contributed by atoms with E-state index < -0.39 is 5.60 Å². The van der Waals surface area contributed by atoms with Gasteiger partial charge in [-0.1, -0.05) is 35.4 Å². The van der Waals surface area contributed by atoms with Crippen molar-refractivity contribution in [3.63, 3.8) is 0 Å². The Kier molecular flexibility index (Phi) is 4.49. The van der Waals surface area contributed by atoms with Crippen molar-refractivity contribution in [1.82, 2.24) is 4.90 Å². The molecule has 1 aromatic heterocycles. The van der Waals surface area contributed by atoms with E-state index in [0.717, 1.165) is 27.7 Å². The summed E-state index contributed by atoms with van der Waals surface area (Å²) in [5.41, 5.74) is 2.65. The number of likely N-dealkylation sites (tertiary alicyclic amines) is 1. The van der Waals surface area contributed by atoms with Crippen molar-refractivity contribution in [1.29, 1.82) is 0 Å². The number of carbonyl (C=O) groups excluding carboxylic acids is 1. The zero-order chi connectivity index (χ0) is 19.2. The Morgan fingerprint density at radius 3 is 2.44 bits per heavy atom. The maximum absolute atomic E-state index is 13.0. The van der Waals surface area contributed by atoms with Crippen LogP contribution in [0.1, 0.15) is 40.1 Å². The van der Waals surface area contributed by atoms with Gasteiger partial charge in [0.1, 0.15) is 5.58 Å². The Balaban J connectivity index is 1.53. The van der Waals surface area contributed by atoms with Gasteiger partial charge < -0.3 is 14.4 Å². The van der Waals surface area contributed by atoms with Gasteiger partial charge in [0, 0.05) is 29.1 Å². The molecule has 4 rings (SSSR count). The van der Waals surface area contributed by atoms with Crippen LogP contribution < -0.4 is 0 Å². The van der Waals surface area contributed by atoms with Crippen LogP contribution in [0.2, 0.25) is 5.02 Å². The topological polar surface area (TPSA) is 53.7 Å². The predicted octanol–water partition coefficient (Wildman–Crippen LogP) is 4.83. The Bertz CT molecular complexity index is 998. The first kappa shape index (κ1) is 18.1. The number of hydrogen-bond donors (Lipinski definition) is 1. The number of nitrogens with zero attached hydrogens (tertiary/aromatic N) is 1. The Morgan fingerprint density at radius 2 is 1.78 bits per heavy atom. The lowest BCUT2D eigenvalue weighted by molar-refractivity contribution is -0.0217. The smallest absolute Gasteiger partial charge is 0.289 e. The molecule has 3 aromatic rings. The average molecular weight is 384 g/mol. The predicted molar refractivity (Wildman–Crippen MR) is 106 cm³/mol. The molecule has 1 aliphatic heterocycles. The van der Waals surface area contributed by atoms with E-state index in [-0.39, 0.29) is 5.91 Å². The van der Waals surface area contributed by atoms with E-state index in [2.05, 4.69) is 0 Å². The van der Waals surface area contributed by atoms with Crippen molar-refractivity contribution in [2.45, 2.75) is 32.3 Å². The van der Waals surface area contributed by atoms with Crippen LogP contribution in [0.25, 0.3) is 11.0 Å². The van der Waals surface area contributed by atoms with E-state index in [9.17, 15) is 9.90 Å². The fourth-order valence-corrected chi connectivity index (χ4v) is 3.94. The van der Waals surface area contributed by atoms with Crippen LogP contribution in [0, 0.1) is 13.8 Å². The molecule has 1 amide bonds. The van der Waals surface area contributed by atoms with Gasteiger partial charge in [0.25, 0.3) is 5.91 Å². The summed E-state index contributed by atoms with van der Waals surface area (Å²) in [4.78, 5) is 14.8. The second-order valence-electron chi connectivity index (χ2n) is 7.39. The van der Waals surface area contributed by atoms with Crippen LogP contribution in [0.5, 0.6) is 0 Å². The van der Waals surface area contributed by atoms with Crippen molar-refractivity contribution in [2.75, 3.05) is 13.1 Å². The van der Waals surface area contributed by atoms with Crippen molar-refractivity contribution in [2.24, 2.45) is 0 Å². The standard InChI is InChI=1S/C22H22ClNO3/c1-14-3-8-19-18(13-14)15(2)20(27-19)21(25)24-11-9-22(26,10-12-24)16-4-6-17(23)7-5-16/h3-8,13,26H,9-12H2,1-2H3. The second-order valence-corrected chi connectivity index (χ2v) is 7.82. The number of piperidine rings is 1. The minimum atomic E-state index is -0.929. The molecule has 0 bridgehead atoms. The van der Waals surface area contributed by atoms with Gasteiger partial charge >= 0.3 is 0 Å². The molecular weight excluding hydrogens is 362 g/mol. The second kappa shape index (κ2) is 6.70. The lowest BCUT2D eigenvalue weighted by atomic mass is 9.84. The minimum Gasteiger partial charge on any atom is -0.451 e. The molecule has 1 saturated heterocycles. The summed E-state index contributed by atoms with van der Waals surface area (Å²) in [7, 11) is 0. The van der Waals surface area contributed by atoms with E-state index in [1.54, 1.807) is 17.0 Å². The summed E-state index contributed by atoms with van der Waals surface area (Å²) < 4.78 is 5.85. The first-order valence-corrected chi connectivity index (χ1v) is 9.53. The van der Waals surface area contributed by atoms with Gasteiger partial charge in [-0.05, 0) is 56.5 Å². The fourth-order valence-electron chi connectivity index (χ4n) is 3.81. The third-order valence-electron chi connectivity index (χ3n) is 5.55. The molecule has 0 spiro atoms. The van der Waals surface area contributed by atoms with Crippen LogP contribution in [0.4, 0.5) is 0 Å². The molecule has 2 heterocycles. The fraction of sp³-hybridized carbons (Fsp3) is 0.318. The molecule has 140 valence electrons. The van der Waals surface area contributed by atoms with Gasteiger partial charge in [-0.25, -0.2) is 0 Å². The molecule has 0 unspecified atom stereocenters. The van der Waals surface area contributed by atoms with Gasteiger partial charge in [0.2, 0.25) is 0 Å². The quantitative estimate of drug-likeness (QED) is 0.689. The lowest BCUT2D eigenvalue weighted by Gasteiger charge is -2.38. The van der Waals surface area contributed by atoms with Gasteiger partial charge in [-0.3, -0.25) is 4.79 Å². The summed E-state index contributed by atoms with van der Waals surface area (Å²) in [6, 6.07) is 13.2. The lowest BCUT2D eigenvalue weighted by Crippen LogP contribution is -2.45. The molecular formula is C22H22ClNO3. The number of hydrogen-bond acceptors (Lipinski definition) is 3. The average Bonchev–Trinajstić information content (AvgIpc) is 2.98. The molecule has 0 atom stereocenters. The van der Waals surface area contributed by atoms with Crippen molar-refractivity contribution in [3.05, 3.63) is 69.9 Å². The van der Waals surface area contributed by atoms with Crippen molar-refractivity contribution < 1.29 is 14.3 Å². The highest BCUT2D eigenvalue weighted by Crippen LogP contribution is 2.35. The number of halogens is 1. The number of rotatable bonds is 2. The monoisotopic (exact) mass is 383 g/mol. The van der Waals surface area contributed by atoms with Crippen LogP contribution in [0.15, 0.2) is 46.9 Å². The van der Waals surface area contributed by atoms with Crippen LogP contribution in [-0.2, 0) is 5.60 Å². The van der Waals surface area contributed by atoms with E-state index in [4.69, 9.17) is 16.0 Å². The van der Waals surface area contributed by atoms with Crippen LogP contribution in [0.3, 0.4) is 0 Å². The Labute approximate surface area is 163 Å². The molecule has 1 aliphatic rings. The maximum Gasteiger partial charge on any atom is 0.289 e. The Morgan fingerprint density at radius 1 is 1.11 bits per heavy atom. The molecule has 0 aliphatic carbocycles. The zero-order valence-electron chi connectivity index (χ0n) is 15.5. The molecule has 1 N–H and O–H groups in total. The Hall–Kier alpha value is -2.30. The number of aryl methyl sites for hydroxylation is 2. The van der Waals surface area contributed by atoms with E-state index in [1.165, 1.54) is 0 Å². The van der Waals surface area contributed by atoms with Gasteiger partial charge in [0.05, 0.1) is 5.60 Å². The molecule has 0 saturated carbocycles. The maximum atomic E-state index is 13.0. The normalized spacial score (nSPS) is 16.7. The van der Waals surface area contributed by atoms with Gasteiger partial charge in [-0.2, -0.15) is 0 Å². The highest BCUT2D eigenvalue weighted by Gasteiger charge is 2.36. The number of fused-ring (bicyclic) bond motifs is 1. The minimum absolute atomic E-state index is 0.112. The molecule has 2 aromatic carbocycles. The first-order chi connectivity index (χ1) is 12.9. The summed E-state index contributed by atoms with van der Waals surface area (Å²) >= 11 is 5.94. The number of carbonyl (C=O) groups is 1. The largest absolute Gasteiger partial charge is 0.451 e. The van der Waals surface area contributed by atoms with Gasteiger partial charge in [-0.15, -0.1) is 0 Å². The number of furan rings is 1. The molecule has 0 radical (unpaired) electrons. The molecule has 4 nitrogen and oxygen atoms in total. The van der Waals surface area contributed by atoms with Crippen LogP contribution in [-0.4, -0.2) is 29.0 Å². The summed E-state index contributed by atoms with van der Waals surface area (Å²) in [5, 5.41) is 12.6. The molecule has 1 fully saturated rings.